The predicted octanol–water partition coefficient (Wildman–Crippen LogP) is 5.79. The molecular formula is C26H32FN3O2. The minimum Gasteiger partial charge on any atom is -0.333 e. The van der Waals surface area contributed by atoms with Gasteiger partial charge in [-0.1, -0.05) is 45.7 Å². The van der Waals surface area contributed by atoms with Crippen LogP contribution in [0.2, 0.25) is 0 Å². The van der Waals surface area contributed by atoms with E-state index in [0.29, 0.717) is 41.8 Å². The third-order valence-electron chi connectivity index (χ3n) is 5.73. The van der Waals surface area contributed by atoms with E-state index in [1.54, 1.807) is 28.8 Å². The topological polar surface area (TPSA) is 55.2 Å². The zero-order valence-electron chi connectivity index (χ0n) is 19.2. The maximum Gasteiger partial charge on any atom is 0.266 e. The fraction of sp³-hybridized carbons (Fsp3) is 0.423. The molecule has 3 aromatic rings. The number of para-hydroxylation sites is 1. The van der Waals surface area contributed by atoms with Crippen molar-refractivity contribution < 1.29 is 9.18 Å². The third kappa shape index (κ3) is 5.06. The highest BCUT2D eigenvalue weighted by Gasteiger charge is 2.28. The molecule has 5 nitrogen and oxygen atoms in total. The van der Waals surface area contributed by atoms with Crippen LogP contribution in [0.4, 0.5) is 4.39 Å². The number of aromatic nitrogens is 2. The molecule has 3 rings (SSSR count). The second-order valence-electron chi connectivity index (χ2n) is 8.07. The number of halogens is 1. The second-order valence-corrected chi connectivity index (χ2v) is 8.07. The number of carbonyl (C=O) groups excluding carboxylic acids is 1. The van der Waals surface area contributed by atoms with E-state index in [9.17, 15) is 14.0 Å². The Kier molecular flexibility index (Phi) is 8.14. The molecule has 2 aromatic carbocycles. The number of rotatable bonds is 10. The monoisotopic (exact) mass is 437 g/mol. The Labute approximate surface area is 188 Å². The largest absolute Gasteiger partial charge is 0.333 e. The van der Waals surface area contributed by atoms with Gasteiger partial charge < -0.3 is 4.90 Å². The average molecular weight is 438 g/mol. The van der Waals surface area contributed by atoms with Gasteiger partial charge in [-0.25, -0.2) is 9.37 Å². The van der Waals surface area contributed by atoms with Crippen LogP contribution in [0.5, 0.6) is 0 Å². The maximum absolute atomic E-state index is 13.6. The first-order valence-corrected chi connectivity index (χ1v) is 11.6. The molecule has 170 valence electrons. The van der Waals surface area contributed by atoms with Crippen molar-refractivity contribution in [2.75, 3.05) is 6.54 Å². The van der Waals surface area contributed by atoms with Gasteiger partial charge in [-0.3, -0.25) is 14.2 Å². The molecule has 0 saturated carbocycles. The summed E-state index contributed by atoms with van der Waals surface area (Å²) in [6, 6.07) is 12.7. The number of hydrogen-bond donors (Lipinski definition) is 0. The normalized spacial score (nSPS) is 12.1. The van der Waals surface area contributed by atoms with Gasteiger partial charge in [0.15, 0.2) is 0 Å². The molecule has 0 fully saturated rings. The molecule has 0 aliphatic carbocycles. The molecule has 0 radical (unpaired) electrons. The zero-order chi connectivity index (χ0) is 23.1. The summed E-state index contributed by atoms with van der Waals surface area (Å²) < 4.78 is 15.2. The molecule has 1 aromatic heterocycles. The van der Waals surface area contributed by atoms with Crippen molar-refractivity contribution in [2.24, 2.45) is 0 Å². The van der Waals surface area contributed by atoms with Crippen molar-refractivity contribution in [1.82, 2.24) is 14.5 Å². The predicted molar refractivity (Wildman–Crippen MR) is 126 cm³/mol. The van der Waals surface area contributed by atoms with Gasteiger partial charge in [0.25, 0.3) is 5.56 Å². The highest BCUT2D eigenvalue weighted by atomic mass is 19.1. The van der Waals surface area contributed by atoms with Crippen LogP contribution in [0.15, 0.2) is 53.3 Å². The van der Waals surface area contributed by atoms with Gasteiger partial charge in [0, 0.05) is 13.0 Å². The van der Waals surface area contributed by atoms with Crippen molar-refractivity contribution >= 4 is 16.8 Å². The number of fused-ring (bicyclic) bond motifs is 1. The average Bonchev–Trinajstić information content (AvgIpc) is 2.80. The van der Waals surface area contributed by atoms with Crippen molar-refractivity contribution in [3.63, 3.8) is 0 Å². The smallest absolute Gasteiger partial charge is 0.266 e. The molecule has 0 bridgehead atoms. The number of benzene rings is 2. The molecule has 0 aliphatic rings. The molecule has 0 aliphatic heterocycles. The van der Waals surface area contributed by atoms with E-state index in [0.717, 1.165) is 25.7 Å². The Hall–Kier alpha value is -3.02. The Morgan fingerprint density at radius 1 is 1.03 bits per heavy atom. The summed E-state index contributed by atoms with van der Waals surface area (Å²) in [7, 11) is 0. The summed E-state index contributed by atoms with van der Waals surface area (Å²) in [6.07, 6.45) is 4.82. The highest BCUT2D eigenvalue weighted by Crippen LogP contribution is 2.27. The lowest BCUT2D eigenvalue weighted by Crippen LogP contribution is -2.39. The fourth-order valence-electron chi connectivity index (χ4n) is 4.10. The van der Waals surface area contributed by atoms with Crippen molar-refractivity contribution in [3.05, 3.63) is 70.5 Å². The lowest BCUT2D eigenvalue weighted by molar-refractivity contribution is -0.134. The highest BCUT2D eigenvalue weighted by molar-refractivity contribution is 5.79. The van der Waals surface area contributed by atoms with E-state index in [1.807, 2.05) is 30.9 Å². The van der Waals surface area contributed by atoms with Gasteiger partial charge in [0.1, 0.15) is 11.6 Å². The Balaban J connectivity index is 2.22. The van der Waals surface area contributed by atoms with Gasteiger partial charge in [0.05, 0.1) is 22.6 Å². The number of hydrogen-bond acceptors (Lipinski definition) is 3. The summed E-state index contributed by atoms with van der Waals surface area (Å²) in [4.78, 5) is 33.4. The number of amides is 1. The summed E-state index contributed by atoms with van der Waals surface area (Å²) >= 11 is 0. The molecule has 32 heavy (non-hydrogen) atoms. The fourth-order valence-corrected chi connectivity index (χ4v) is 4.10. The summed E-state index contributed by atoms with van der Waals surface area (Å²) in [6.45, 7) is 6.75. The van der Waals surface area contributed by atoms with Gasteiger partial charge in [-0.2, -0.15) is 0 Å². The standard InChI is InChI=1S/C26H32FN3O2/c1-4-7-10-18-29(24(31)11-5-2)23(6-3)25-28-22-13-9-8-12-21(22)26(32)30(25)20-16-14-19(27)15-17-20/h8-9,12-17,23H,4-7,10-11,18H2,1-3H3. The van der Waals surface area contributed by atoms with E-state index in [4.69, 9.17) is 4.98 Å². The lowest BCUT2D eigenvalue weighted by Gasteiger charge is -2.32. The molecule has 1 heterocycles. The zero-order valence-corrected chi connectivity index (χ0v) is 19.2. The van der Waals surface area contributed by atoms with Crippen molar-refractivity contribution in [3.8, 4) is 5.69 Å². The van der Waals surface area contributed by atoms with Crippen LogP contribution in [-0.2, 0) is 4.79 Å². The number of carbonyl (C=O) groups is 1. The second kappa shape index (κ2) is 11.0. The van der Waals surface area contributed by atoms with Gasteiger partial charge in [-0.05, 0) is 55.7 Å². The van der Waals surface area contributed by atoms with Gasteiger partial charge in [0.2, 0.25) is 5.91 Å². The molecule has 0 N–H and O–H groups in total. The molecule has 0 saturated heterocycles. The quantitative estimate of drug-likeness (QED) is 0.377. The maximum atomic E-state index is 13.6. The van der Waals surface area contributed by atoms with Crippen molar-refractivity contribution in [2.45, 2.75) is 65.3 Å². The minimum absolute atomic E-state index is 0.0727. The first-order valence-electron chi connectivity index (χ1n) is 11.6. The van der Waals surface area contributed by atoms with Crippen LogP contribution in [0.3, 0.4) is 0 Å². The molecule has 1 atom stereocenters. The van der Waals surface area contributed by atoms with Crippen molar-refractivity contribution in [1.29, 1.82) is 0 Å². The number of unbranched alkanes of at least 4 members (excludes halogenated alkanes) is 2. The van der Waals surface area contributed by atoms with Crippen LogP contribution in [-0.4, -0.2) is 26.9 Å². The first kappa shape index (κ1) is 23.6. The van der Waals surface area contributed by atoms with E-state index >= 15 is 0 Å². The van der Waals surface area contributed by atoms with Crippen LogP contribution in [0.1, 0.15) is 71.2 Å². The van der Waals surface area contributed by atoms with Crippen LogP contribution in [0, 0.1) is 5.82 Å². The molecule has 6 heteroatoms. The van der Waals surface area contributed by atoms with Gasteiger partial charge in [-0.15, -0.1) is 0 Å². The molecule has 1 amide bonds. The Morgan fingerprint density at radius 3 is 2.41 bits per heavy atom. The van der Waals surface area contributed by atoms with E-state index in [-0.39, 0.29) is 23.3 Å². The van der Waals surface area contributed by atoms with Crippen LogP contribution >= 0.6 is 0 Å². The summed E-state index contributed by atoms with van der Waals surface area (Å²) in [5.74, 6) is 0.218. The van der Waals surface area contributed by atoms with E-state index < -0.39 is 0 Å². The minimum atomic E-state index is -0.372. The first-order chi connectivity index (χ1) is 15.5. The summed E-state index contributed by atoms with van der Waals surface area (Å²) in [5, 5.41) is 0.493. The van der Waals surface area contributed by atoms with Crippen LogP contribution in [0.25, 0.3) is 16.6 Å². The Bertz CT molecular complexity index is 1110. The molecular weight excluding hydrogens is 405 g/mol. The van der Waals surface area contributed by atoms with Gasteiger partial charge >= 0.3 is 0 Å². The lowest BCUT2D eigenvalue weighted by atomic mass is 10.1. The van der Waals surface area contributed by atoms with E-state index in [1.165, 1.54) is 12.1 Å². The summed E-state index contributed by atoms with van der Waals surface area (Å²) in [5.41, 5.74) is 0.924. The molecule has 1 unspecified atom stereocenters. The Morgan fingerprint density at radius 2 is 1.75 bits per heavy atom. The van der Waals surface area contributed by atoms with E-state index in [2.05, 4.69) is 6.92 Å². The molecule has 0 spiro atoms. The third-order valence-corrected chi connectivity index (χ3v) is 5.73. The number of nitrogens with zero attached hydrogens (tertiary/aromatic N) is 3. The SMILES string of the molecule is CCCCCN(C(=O)CCC)C(CC)c1nc2ccccc2c(=O)n1-c1ccc(F)cc1. The van der Waals surface area contributed by atoms with Crippen LogP contribution < -0.4 is 5.56 Å².